The monoisotopic (exact) mass is 457 g/mol. The number of esters is 1. The van der Waals surface area contributed by atoms with Gasteiger partial charge >= 0.3 is 5.97 Å². The van der Waals surface area contributed by atoms with Gasteiger partial charge in [0.05, 0.1) is 35.7 Å². The Labute approximate surface area is 196 Å². The Balaban J connectivity index is 1.23. The topological polar surface area (TPSA) is 97.0 Å². The van der Waals surface area contributed by atoms with E-state index in [1.807, 2.05) is 47.4 Å². The number of ether oxygens (including phenoxy) is 2. The number of benzene rings is 3. The number of anilines is 3. The van der Waals surface area contributed by atoms with Crippen molar-refractivity contribution in [3.63, 3.8) is 0 Å². The van der Waals surface area contributed by atoms with E-state index in [-0.39, 0.29) is 12.5 Å². The van der Waals surface area contributed by atoms with Crippen LogP contribution in [0, 0.1) is 0 Å². The van der Waals surface area contributed by atoms with E-state index in [0.29, 0.717) is 36.6 Å². The molecule has 0 saturated heterocycles. The summed E-state index contributed by atoms with van der Waals surface area (Å²) in [5.41, 5.74) is 3.47. The van der Waals surface area contributed by atoms with Crippen molar-refractivity contribution < 1.29 is 23.9 Å². The average Bonchev–Trinajstić information content (AvgIpc) is 2.85. The van der Waals surface area contributed by atoms with Crippen molar-refractivity contribution >= 4 is 34.8 Å². The van der Waals surface area contributed by atoms with Crippen LogP contribution in [0.3, 0.4) is 0 Å². The number of cyclic esters (lactones) is 1. The van der Waals surface area contributed by atoms with Crippen molar-refractivity contribution in [2.45, 2.75) is 12.5 Å². The molecule has 0 aromatic heterocycles. The highest BCUT2D eigenvalue weighted by Crippen LogP contribution is 2.29. The number of nitrogens with one attached hydrogen (secondary N) is 2. The van der Waals surface area contributed by atoms with Crippen LogP contribution in [0.2, 0.25) is 0 Å². The molecule has 2 heterocycles. The Bertz CT molecular complexity index is 1260. The first-order valence-corrected chi connectivity index (χ1v) is 11.0. The van der Waals surface area contributed by atoms with Gasteiger partial charge in [-0.1, -0.05) is 42.5 Å². The van der Waals surface area contributed by atoms with Crippen molar-refractivity contribution in [2.75, 3.05) is 35.2 Å². The van der Waals surface area contributed by atoms with Crippen LogP contribution in [0.4, 0.5) is 17.1 Å². The molecule has 0 bridgehead atoms. The summed E-state index contributed by atoms with van der Waals surface area (Å²) in [5.74, 6) is -0.499. The molecule has 1 atom stereocenters. The minimum Gasteiger partial charge on any atom is -0.490 e. The quantitative estimate of drug-likeness (QED) is 0.552. The number of carbonyl (C=O) groups is 3. The maximum Gasteiger partial charge on any atom is 0.339 e. The molecular formula is C26H23N3O5. The van der Waals surface area contributed by atoms with Crippen molar-refractivity contribution in [2.24, 2.45) is 0 Å². The number of hydrogen-bond acceptors (Lipinski definition) is 6. The molecule has 3 aromatic carbocycles. The second kappa shape index (κ2) is 9.27. The van der Waals surface area contributed by atoms with Crippen LogP contribution < -0.4 is 20.3 Å². The molecule has 2 amide bonds. The van der Waals surface area contributed by atoms with Crippen LogP contribution >= 0.6 is 0 Å². The normalized spacial score (nSPS) is 16.6. The molecule has 0 fully saturated rings. The number of amides is 2. The molecule has 2 aliphatic heterocycles. The van der Waals surface area contributed by atoms with E-state index in [0.717, 1.165) is 16.9 Å². The zero-order chi connectivity index (χ0) is 23.5. The number of hydrogen-bond donors (Lipinski definition) is 2. The van der Waals surface area contributed by atoms with Gasteiger partial charge in [0.25, 0.3) is 5.91 Å². The molecule has 0 aliphatic carbocycles. The van der Waals surface area contributed by atoms with Gasteiger partial charge in [-0.05, 0) is 35.9 Å². The molecule has 5 rings (SSSR count). The standard InChI is InChI=1S/C26H23N3O5/c30-24-16-29(21-11-5-3-9-19(21)27-24)13-14-33-22-12-6-4-10-20(22)28-25(31)23-15-17-7-1-2-8-18(17)26(32)34-23/h1-12,23H,13-16H2,(H,27,30)(H,28,31). The molecule has 2 aliphatic rings. The van der Waals surface area contributed by atoms with Crippen LogP contribution in [0.5, 0.6) is 5.75 Å². The van der Waals surface area contributed by atoms with Crippen LogP contribution in [0.25, 0.3) is 0 Å². The van der Waals surface area contributed by atoms with Crippen molar-refractivity contribution in [3.05, 3.63) is 83.9 Å². The van der Waals surface area contributed by atoms with E-state index in [2.05, 4.69) is 10.6 Å². The predicted molar refractivity (Wildman–Crippen MR) is 127 cm³/mol. The van der Waals surface area contributed by atoms with E-state index in [9.17, 15) is 14.4 Å². The highest BCUT2D eigenvalue weighted by atomic mass is 16.5. The van der Waals surface area contributed by atoms with Gasteiger partial charge in [-0.2, -0.15) is 0 Å². The molecule has 8 nitrogen and oxygen atoms in total. The maximum absolute atomic E-state index is 12.9. The predicted octanol–water partition coefficient (Wildman–Crippen LogP) is 3.24. The van der Waals surface area contributed by atoms with E-state index >= 15 is 0 Å². The molecule has 3 aromatic rings. The average molecular weight is 457 g/mol. The third-order valence-corrected chi connectivity index (χ3v) is 5.80. The molecule has 0 spiro atoms. The zero-order valence-electron chi connectivity index (χ0n) is 18.3. The minimum absolute atomic E-state index is 0.0741. The zero-order valence-corrected chi connectivity index (χ0v) is 18.3. The minimum atomic E-state index is -0.918. The fourth-order valence-electron chi connectivity index (χ4n) is 4.16. The molecular weight excluding hydrogens is 434 g/mol. The number of rotatable bonds is 6. The van der Waals surface area contributed by atoms with Crippen molar-refractivity contribution in [1.82, 2.24) is 0 Å². The van der Waals surface area contributed by atoms with Gasteiger partial charge in [0.2, 0.25) is 5.91 Å². The van der Waals surface area contributed by atoms with Crippen LogP contribution in [-0.2, 0) is 20.7 Å². The summed E-state index contributed by atoms with van der Waals surface area (Å²) in [6, 6.07) is 21.8. The number of fused-ring (bicyclic) bond motifs is 2. The Kier molecular flexibility index (Phi) is 5.86. The van der Waals surface area contributed by atoms with E-state index in [1.54, 1.807) is 30.3 Å². The van der Waals surface area contributed by atoms with E-state index in [1.165, 1.54) is 0 Å². The van der Waals surface area contributed by atoms with E-state index in [4.69, 9.17) is 9.47 Å². The lowest BCUT2D eigenvalue weighted by Gasteiger charge is -2.30. The first-order valence-electron chi connectivity index (χ1n) is 11.0. The fraction of sp³-hybridized carbons (Fsp3) is 0.192. The van der Waals surface area contributed by atoms with Gasteiger partial charge in [-0.3, -0.25) is 9.59 Å². The second-order valence-electron chi connectivity index (χ2n) is 8.08. The Morgan fingerprint density at radius 3 is 2.71 bits per heavy atom. The fourth-order valence-corrected chi connectivity index (χ4v) is 4.16. The Morgan fingerprint density at radius 2 is 1.79 bits per heavy atom. The van der Waals surface area contributed by atoms with Gasteiger partial charge in [-0.15, -0.1) is 0 Å². The summed E-state index contributed by atoms with van der Waals surface area (Å²) in [5, 5.41) is 5.69. The molecule has 1 unspecified atom stereocenters. The summed E-state index contributed by atoms with van der Waals surface area (Å²) in [6.07, 6.45) is -0.605. The molecule has 34 heavy (non-hydrogen) atoms. The summed E-state index contributed by atoms with van der Waals surface area (Å²) in [7, 11) is 0. The lowest BCUT2D eigenvalue weighted by atomic mass is 9.98. The lowest BCUT2D eigenvalue weighted by molar-refractivity contribution is -0.125. The SMILES string of the molecule is O=C1CN(CCOc2ccccc2NC(=O)C2Cc3ccccc3C(=O)O2)c2ccccc2N1. The molecule has 0 radical (unpaired) electrons. The third-order valence-electron chi connectivity index (χ3n) is 5.80. The summed E-state index contributed by atoms with van der Waals surface area (Å²) in [4.78, 5) is 39.1. The second-order valence-corrected chi connectivity index (χ2v) is 8.08. The Hall–Kier alpha value is -4.33. The van der Waals surface area contributed by atoms with Crippen molar-refractivity contribution in [3.8, 4) is 5.75 Å². The largest absolute Gasteiger partial charge is 0.490 e. The first kappa shape index (κ1) is 21.5. The van der Waals surface area contributed by atoms with Crippen molar-refractivity contribution in [1.29, 1.82) is 0 Å². The number of para-hydroxylation sites is 4. The molecule has 8 heteroatoms. The number of nitrogens with zero attached hydrogens (tertiary/aromatic N) is 1. The highest BCUT2D eigenvalue weighted by Gasteiger charge is 2.31. The first-order chi connectivity index (χ1) is 16.6. The summed E-state index contributed by atoms with van der Waals surface area (Å²) < 4.78 is 11.3. The van der Waals surface area contributed by atoms with Gasteiger partial charge in [0.1, 0.15) is 12.4 Å². The summed E-state index contributed by atoms with van der Waals surface area (Å²) >= 11 is 0. The highest BCUT2D eigenvalue weighted by molar-refractivity contribution is 6.01. The van der Waals surface area contributed by atoms with Gasteiger partial charge in [-0.25, -0.2) is 4.79 Å². The summed E-state index contributed by atoms with van der Waals surface area (Å²) in [6.45, 7) is 1.04. The Morgan fingerprint density at radius 1 is 1.03 bits per heavy atom. The lowest BCUT2D eigenvalue weighted by Crippen LogP contribution is -2.40. The maximum atomic E-state index is 12.9. The van der Waals surface area contributed by atoms with Crippen LogP contribution in [-0.4, -0.2) is 43.6 Å². The van der Waals surface area contributed by atoms with E-state index < -0.39 is 18.0 Å². The number of carbonyl (C=O) groups excluding carboxylic acids is 3. The molecule has 172 valence electrons. The molecule has 0 saturated carbocycles. The van der Waals surface area contributed by atoms with Crippen LogP contribution in [0.1, 0.15) is 15.9 Å². The van der Waals surface area contributed by atoms with Gasteiger partial charge in [0, 0.05) is 6.42 Å². The van der Waals surface area contributed by atoms with Gasteiger partial charge in [0.15, 0.2) is 6.10 Å². The van der Waals surface area contributed by atoms with Crippen LogP contribution in [0.15, 0.2) is 72.8 Å². The third kappa shape index (κ3) is 4.43. The molecule has 2 N–H and O–H groups in total. The van der Waals surface area contributed by atoms with Gasteiger partial charge < -0.3 is 25.0 Å². The smallest absolute Gasteiger partial charge is 0.339 e.